The third-order valence-corrected chi connectivity index (χ3v) is 7.14. The van der Waals surface area contributed by atoms with Crippen molar-refractivity contribution in [2.24, 2.45) is 10.1 Å². The van der Waals surface area contributed by atoms with Crippen LogP contribution in [0, 0.1) is 0 Å². The number of imide groups is 1. The third kappa shape index (κ3) is 3.88. The van der Waals surface area contributed by atoms with Crippen LogP contribution in [0.4, 0.5) is 10.5 Å². The number of likely N-dealkylation sites (N-methyl/N-ethyl adjacent to an activating group) is 1. The number of anilines is 1. The highest BCUT2D eigenvalue weighted by Gasteiger charge is 2.54. The van der Waals surface area contributed by atoms with Gasteiger partial charge < -0.3 is 9.80 Å². The van der Waals surface area contributed by atoms with Gasteiger partial charge in [-0.15, -0.1) is 0 Å². The fourth-order valence-corrected chi connectivity index (χ4v) is 5.00. The molecule has 0 aliphatic carbocycles. The predicted octanol–water partition coefficient (Wildman–Crippen LogP) is 1.99. The molecule has 5 rings (SSSR count). The predicted molar refractivity (Wildman–Crippen MR) is 131 cm³/mol. The van der Waals surface area contributed by atoms with Crippen molar-refractivity contribution in [3.8, 4) is 0 Å². The number of carbonyl (C=O) groups excluding carboxylic acids is 2. The Hall–Kier alpha value is -3.96. The van der Waals surface area contributed by atoms with E-state index < -0.39 is 28.3 Å². The lowest BCUT2D eigenvalue weighted by Crippen LogP contribution is -2.64. The van der Waals surface area contributed by atoms with Gasteiger partial charge >= 0.3 is 6.03 Å². The van der Waals surface area contributed by atoms with Gasteiger partial charge in [0, 0.05) is 31.2 Å². The number of fused-ring (bicyclic) bond motifs is 3. The molecular formula is C24H24N6O4S. The van der Waals surface area contributed by atoms with Crippen LogP contribution in [0.2, 0.25) is 0 Å². The third-order valence-electron chi connectivity index (χ3n) is 6.21. The maximum Gasteiger partial charge on any atom is 0.328 e. The number of sulfonamides is 1. The normalized spacial score (nSPS) is 22.0. The van der Waals surface area contributed by atoms with E-state index in [-0.39, 0.29) is 17.3 Å². The fourth-order valence-electron chi connectivity index (χ4n) is 4.48. The van der Waals surface area contributed by atoms with Crippen LogP contribution in [0.5, 0.6) is 0 Å². The summed E-state index contributed by atoms with van der Waals surface area (Å²) < 4.78 is 23.2. The molecule has 180 valence electrons. The molecule has 3 amide bonds. The van der Waals surface area contributed by atoms with E-state index in [1.165, 1.54) is 21.9 Å². The summed E-state index contributed by atoms with van der Waals surface area (Å²) in [7, 11) is -2.18. The molecule has 10 nitrogen and oxygen atoms in total. The topological polar surface area (TPSA) is 120 Å². The van der Waals surface area contributed by atoms with Gasteiger partial charge in [0.15, 0.2) is 12.2 Å². The molecule has 2 unspecified atom stereocenters. The number of rotatable bonds is 5. The summed E-state index contributed by atoms with van der Waals surface area (Å²) >= 11 is 0. The Morgan fingerprint density at radius 2 is 1.74 bits per heavy atom. The standard InChI is InChI=1S/C24H24N6O4S/c1-16-15-29-20-21(26-23(29)30(16)18-10-12-19(13-11-18)35(25,33)34)27(2)24(32)28(22(20)31)14-6-9-17-7-4-3-5-8-17/h3-13,15,20-21H,14H2,1-2H3,(H2,25,33,34)/b9-6+. The van der Waals surface area contributed by atoms with Gasteiger partial charge in [0.2, 0.25) is 16.0 Å². The van der Waals surface area contributed by atoms with Crippen LogP contribution in [0.15, 0.2) is 82.5 Å². The summed E-state index contributed by atoms with van der Waals surface area (Å²) in [5.74, 6) is 0.167. The van der Waals surface area contributed by atoms with Crippen molar-refractivity contribution in [1.82, 2.24) is 14.7 Å². The van der Waals surface area contributed by atoms with Crippen LogP contribution in [0.1, 0.15) is 12.5 Å². The zero-order chi connectivity index (χ0) is 24.9. The van der Waals surface area contributed by atoms with Crippen LogP contribution < -0.4 is 10.0 Å². The fraction of sp³-hybridized carbons (Fsp3) is 0.208. The molecule has 11 heteroatoms. The number of hydrogen-bond donors (Lipinski definition) is 1. The van der Waals surface area contributed by atoms with Gasteiger partial charge in [0.05, 0.1) is 4.90 Å². The molecule has 0 spiro atoms. The molecule has 1 fully saturated rings. The van der Waals surface area contributed by atoms with Crippen molar-refractivity contribution in [3.05, 3.63) is 78.1 Å². The Bertz CT molecular complexity index is 1380. The molecule has 2 N–H and O–H groups in total. The first-order chi connectivity index (χ1) is 16.7. The molecule has 0 radical (unpaired) electrons. The Morgan fingerprint density at radius 3 is 2.40 bits per heavy atom. The largest absolute Gasteiger partial charge is 0.328 e. The van der Waals surface area contributed by atoms with Crippen LogP contribution in [-0.2, 0) is 14.8 Å². The molecule has 3 heterocycles. The Morgan fingerprint density at radius 1 is 1.06 bits per heavy atom. The molecule has 3 aliphatic heterocycles. The van der Waals surface area contributed by atoms with Gasteiger partial charge in [-0.05, 0) is 36.8 Å². The van der Waals surface area contributed by atoms with E-state index in [1.54, 1.807) is 30.2 Å². The van der Waals surface area contributed by atoms with Crippen LogP contribution >= 0.6 is 0 Å². The van der Waals surface area contributed by atoms with E-state index in [9.17, 15) is 18.0 Å². The second-order valence-corrected chi connectivity index (χ2v) is 10.1. The van der Waals surface area contributed by atoms with E-state index in [1.807, 2.05) is 54.4 Å². The quantitative estimate of drug-likeness (QED) is 0.682. The minimum Gasteiger partial charge on any atom is -0.302 e. The molecule has 0 saturated carbocycles. The van der Waals surface area contributed by atoms with Gasteiger partial charge in [0.1, 0.15) is 0 Å². The van der Waals surface area contributed by atoms with Crippen molar-refractivity contribution in [3.63, 3.8) is 0 Å². The van der Waals surface area contributed by atoms with Crippen LogP contribution in [0.3, 0.4) is 0 Å². The molecule has 2 aromatic carbocycles. The first-order valence-electron chi connectivity index (χ1n) is 10.9. The number of carbonyl (C=O) groups is 2. The Kier molecular flexibility index (Phi) is 5.45. The maximum absolute atomic E-state index is 13.5. The van der Waals surface area contributed by atoms with Gasteiger partial charge in [-0.3, -0.25) is 14.6 Å². The number of nitrogens with zero attached hydrogens (tertiary/aromatic N) is 5. The lowest BCUT2D eigenvalue weighted by Gasteiger charge is -2.39. The smallest absolute Gasteiger partial charge is 0.302 e. The van der Waals surface area contributed by atoms with E-state index >= 15 is 0 Å². The number of primary sulfonamides is 1. The summed E-state index contributed by atoms with van der Waals surface area (Å²) in [6.45, 7) is 2.01. The molecule has 3 aliphatic rings. The number of benzene rings is 2. The number of hydrogen-bond acceptors (Lipinski definition) is 7. The second-order valence-electron chi connectivity index (χ2n) is 8.49. The molecule has 2 atom stereocenters. The van der Waals surface area contributed by atoms with Crippen molar-refractivity contribution >= 4 is 39.7 Å². The van der Waals surface area contributed by atoms with Crippen LogP contribution in [-0.4, -0.2) is 66.8 Å². The first kappa shape index (κ1) is 22.8. The minimum atomic E-state index is -3.82. The second kappa shape index (κ2) is 8.36. The Labute approximate surface area is 203 Å². The lowest BCUT2D eigenvalue weighted by atomic mass is 10.1. The zero-order valence-corrected chi connectivity index (χ0v) is 20.0. The summed E-state index contributed by atoms with van der Waals surface area (Å²) in [5, 5.41) is 5.21. The van der Waals surface area contributed by atoms with Gasteiger partial charge in [-0.25, -0.2) is 23.3 Å². The van der Waals surface area contributed by atoms with E-state index in [0.29, 0.717) is 11.6 Å². The van der Waals surface area contributed by atoms with Crippen LogP contribution in [0.25, 0.3) is 6.08 Å². The summed E-state index contributed by atoms with van der Waals surface area (Å²) in [6.07, 6.45) is 4.81. The Balaban J connectivity index is 1.40. The average molecular weight is 493 g/mol. The van der Waals surface area contributed by atoms with Crippen molar-refractivity contribution in [2.75, 3.05) is 18.5 Å². The SMILES string of the molecule is CC1=CN2C(=NC3C2C(=O)N(C/C=C/c2ccccc2)C(=O)N3C)N1c1ccc(S(N)(=O)=O)cc1. The van der Waals surface area contributed by atoms with Gasteiger partial charge in [-0.2, -0.15) is 0 Å². The molecule has 1 saturated heterocycles. The number of allylic oxidation sites excluding steroid dienone is 1. The monoisotopic (exact) mass is 492 g/mol. The number of amides is 3. The highest BCUT2D eigenvalue weighted by Crippen LogP contribution is 2.36. The summed E-state index contributed by atoms with van der Waals surface area (Å²) in [6, 6.07) is 14.6. The number of aliphatic imine (C=N–C) groups is 1. The van der Waals surface area contributed by atoms with E-state index in [2.05, 4.69) is 0 Å². The molecule has 0 aromatic heterocycles. The minimum absolute atomic E-state index is 0.000623. The van der Waals surface area contributed by atoms with Gasteiger partial charge in [0.25, 0.3) is 5.91 Å². The number of guanidine groups is 1. The number of urea groups is 1. The van der Waals surface area contributed by atoms with E-state index in [4.69, 9.17) is 10.1 Å². The van der Waals surface area contributed by atoms with Crippen molar-refractivity contribution in [2.45, 2.75) is 24.0 Å². The lowest BCUT2D eigenvalue weighted by molar-refractivity contribution is -0.136. The molecule has 2 aromatic rings. The number of nitrogens with two attached hydrogens (primary N) is 1. The van der Waals surface area contributed by atoms with Crippen molar-refractivity contribution < 1.29 is 18.0 Å². The highest BCUT2D eigenvalue weighted by atomic mass is 32.2. The average Bonchev–Trinajstić information content (AvgIpc) is 3.34. The zero-order valence-electron chi connectivity index (χ0n) is 19.1. The molecular weight excluding hydrogens is 468 g/mol. The molecule has 35 heavy (non-hydrogen) atoms. The van der Waals surface area contributed by atoms with Crippen molar-refractivity contribution in [1.29, 1.82) is 0 Å². The maximum atomic E-state index is 13.5. The first-order valence-corrected chi connectivity index (χ1v) is 12.5. The molecule has 0 bridgehead atoms. The van der Waals surface area contributed by atoms with Gasteiger partial charge in [-0.1, -0.05) is 42.5 Å². The summed E-state index contributed by atoms with van der Waals surface area (Å²) in [4.78, 5) is 37.4. The van der Waals surface area contributed by atoms with E-state index in [0.717, 1.165) is 11.3 Å². The highest BCUT2D eigenvalue weighted by molar-refractivity contribution is 7.89. The summed E-state index contributed by atoms with van der Waals surface area (Å²) in [5.41, 5.74) is 2.44.